The summed E-state index contributed by atoms with van der Waals surface area (Å²) < 4.78 is 11.1. The molecule has 0 aliphatic carbocycles. The molecule has 0 bridgehead atoms. The first-order chi connectivity index (χ1) is 6.24. The van der Waals surface area contributed by atoms with Gasteiger partial charge in [0.1, 0.15) is 5.60 Å². The highest BCUT2D eigenvalue weighted by Gasteiger charge is 2.42. The lowest BCUT2D eigenvalue weighted by Crippen LogP contribution is -2.44. The van der Waals surface area contributed by atoms with Gasteiger partial charge < -0.3 is 15.2 Å². The summed E-state index contributed by atoms with van der Waals surface area (Å²) in [5, 5.41) is 0. The van der Waals surface area contributed by atoms with Gasteiger partial charge in [0.2, 0.25) is 0 Å². The van der Waals surface area contributed by atoms with Gasteiger partial charge in [0.05, 0.1) is 19.3 Å². The van der Waals surface area contributed by atoms with E-state index >= 15 is 0 Å². The average molecular weight is 184 g/mol. The molecule has 1 saturated heterocycles. The largest absolute Gasteiger partial charge is 0.457 e. The minimum Gasteiger partial charge on any atom is -0.457 e. The minimum atomic E-state index is -0.136. The van der Waals surface area contributed by atoms with Gasteiger partial charge in [0.25, 0.3) is 6.02 Å². The third-order valence-electron chi connectivity index (χ3n) is 2.81. The molecule has 0 aromatic carbocycles. The number of nitrogens with zero attached hydrogens (tertiary/aromatic N) is 1. The van der Waals surface area contributed by atoms with E-state index in [1.54, 1.807) is 0 Å². The quantitative estimate of drug-likeness (QED) is 0.651. The fourth-order valence-corrected chi connectivity index (χ4v) is 1.99. The van der Waals surface area contributed by atoms with Gasteiger partial charge in [-0.1, -0.05) is 6.92 Å². The van der Waals surface area contributed by atoms with Crippen molar-refractivity contribution in [3.8, 4) is 0 Å². The van der Waals surface area contributed by atoms with Crippen LogP contribution in [-0.4, -0.2) is 30.9 Å². The van der Waals surface area contributed by atoms with E-state index in [0.29, 0.717) is 18.7 Å². The molecule has 0 aromatic rings. The van der Waals surface area contributed by atoms with Crippen LogP contribution in [0.3, 0.4) is 0 Å². The lowest BCUT2D eigenvalue weighted by Gasteiger charge is -2.36. The fraction of sp³-hybridized carbons (Fsp3) is 0.889. The maximum absolute atomic E-state index is 5.58. The predicted molar refractivity (Wildman–Crippen MR) is 49.6 cm³/mol. The predicted octanol–water partition coefficient (Wildman–Crippen LogP) is 0.659. The van der Waals surface area contributed by atoms with Crippen LogP contribution in [0.1, 0.15) is 26.2 Å². The van der Waals surface area contributed by atoms with E-state index in [9.17, 15) is 0 Å². The summed E-state index contributed by atoms with van der Waals surface area (Å²) in [4.78, 5) is 4.10. The molecule has 0 amide bonds. The summed E-state index contributed by atoms with van der Waals surface area (Å²) >= 11 is 0. The first-order valence-electron chi connectivity index (χ1n) is 4.85. The van der Waals surface area contributed by atoms with Crippen molar-refractivity contribution in [2.45, 2.75) is 37.9 Å². The van der Waals surface area contributed by atoms with Crippen molar-refractivity contribution in [3.05, 3.63) is 0 Å². The summed E-state index contributed by atoms with van der Waals surface area (Å²) in [5.74, 6) is 0. The maximum atomic E-state index is 5.58. The Balaban J connectivity index is 2.00. The van der Waals surface area contributed by atoms with Crippen LogP contribution in [0.5, 0.6) is 0 Å². The molecule has 4 nitrogen and oxygen atoms in total. The van der Waals surface area contributed by atoms with E-state index in [4.69, 9.17) is 15.2 Å². The van der Waals surface area contributed by atoms with Crippen molar-refractivity contribution in [1.29, 1.82) is 0 Å². The molecule has 1 spiro atoms. The van der Waals surface area contributed by atoms with Crippen molar-refractivity contribution >= 4 is 6.02 Å². The highest BCUT2D eigenvalue weighted by atomic mass is 16.5. The second-order valence-corrected chi connectivity index (χ2v) is 3.79. The molecular formula is C9H16N2O2. The smallest absolute Gasteiger partial charge is 0.282 e. The standard InChI is InChI=1S/C9H16N2O2/c1-2-7-5-9(3-4-12-7)6-11-8(10)13-9/h7H,2-6H2,1H3,(H2,10,11). The zero-order valence-corrected chi connectivity index (χ0v) is 7.95. The molecule has 1 fully saturated rings. The summed E-state index contributed by atoms with van der Waals surface area (Å²) in [6.07, 6.45) is 3.18. The summed E-state index contributed by atoms with van der Waals surface area (Å²) in [6.45, 7) is 3.60. The Labute approximate surface area is 78.1 Å². The second kappa shape index (κ2) is 3.18. The molecule has 2 heterocycles. The van der Waals surface area contributed by atoms with Crippen LogP contribution in [0.25, 0.3) is 0 Å². The number of nitrogens with two attached hydrogens (primary N) is 1. The molecule has 0 saturated carbocycles. The maximum Gasteiger partial charge on any atom is 0.282 e. The molecule has 13 heavy (non-hydrogen) atoms. The zero-order chi connectivity index (χ0) is 9.31. The van der Waals surface area contributed by atoms with Gasteiger partial charge in [-0.2, -0.15) is 0 Å². The van der Waals surface area contributed by atoms with Crippen LogP contribution in [0.15, 0.2) is 4.99 Å². The van der Waals surface area contributed by atoms with Crippen molar-refractivity contribution < 1.29 is 9.47 Å². The van der Waals surface area contributed by atoms with Gasteiger partial charge in [0.15, 0.2) is 0 Å². The van der Waals surface area contributed by atoms with Gasteiger partial charge in [-0.15, -0.1) is 0 Å². The van der Waals surface area contributed by atoms with Crippen molar-refractivity contribution in [3.63, 3.8) is 0 Å². The summed E-state index contributed by atoms with van der Waals surface area (Å²) in [5.41, 5.74) is 5.38. The number of amidine groups is 1. The number of hydrogen-bond acceptors (Lipinski definition) is 4. The Bertz CT molecular complexity index is 230. The highest BCUT2D eigenvalue weighted by Crippen LogP contribution is 2.32. The zero-order valence-electron chi connectivity index (χ0n) is 7.95. The Hall–Kier alpha value is -0.770. The Morgan fingerprint density at radius 1 is 1.69 bits per heavy atom. The minimum absolute atomic E-state index is 0.136. The fourth-order valence-electron chi connectivity index (χ4n) is 1.99. The van der Waals surface area contributed by atoms with Gasteiger partial charge in [-0.25, -0.2) is 4.99 Å². The molecule has 2 aliphatic heterocycles. The number of hydrogen-bond donors (Lipinski definition) is 1. The normalized spacial score (nSPS) is 38.8. The highest BCUT2D eigenvalue weighted by molar-refractivity contribution is 5.73. The topological polar surface area (TPSA) is 56.8 Å². The molecule has 2 atom stereocenters. The van der Waals surface area contributed by atoms with Crippen molar-refractivity contribution in [2.75, 3.05) is 13.2 Å². The molecule has 2 aliphatic rings. The molecule has 0 aromatic heterocycles. The Morgan fingerprint density at radius 2 is 2.54 bits per heavy atom. The van der Waals surface area contributed by atoms with E-state index in [1.807, 2.05) is 0 Å². The first kappa shape index (κ1) is 8.81. The van der Waals surface area contributed by atoms with Gasteiger partial charge in [-0.3, -0.25) is 0 Å². The van der Waals surface area contributed by atoms with Crippen LogP contribution >= 0.6 is 0 Å². The Morgan fingerprint density at radius 3 is 3.15 bits per heavy atom. The van der Waals surface area contributed by atoms with E-state index < -0.39 is 0 Å². The molecule has 2 rings (SSSR count). The first-order valence-corrected chi connectivity index (χ1v) is 4.85. The summed E-state index contributed by atoms with van der Waals surface area (Å²) in [7, 11) is 0. The van der Waals surface area contributed by atoms with Gasteiger partial charge in [-0.05, 0) is 6.42 Å². The van der Waals surface area contributed by atoms with Crippen LogP contribution in [0.2, 0.25) is 0 Å². The van der Waals surface area contributed by atoms with E-state index in [2.05, 4.69) is 11.9 Å². The SMILES string of the molecule is CCC1CC2(CCO1)CN=C(N)O2. The second-order valence-electron chi connectivity index (χ2n) is 3.79. The Kier molecular flexibility index (Phi) is 2.15. The lowest BCUT2D eigenvalue weighted by atomic mass is 9.89. The third kappa shape index (κ3) is 1.63. The van der Waals surface area contributed by atoms with Crippen molar-refractivity contribution in [2.24, 2.45) is 10.7 Å². The van der Waals surface area contributed by atoms with Crippen LogP contribution in [-0.2, 0) is 9.47 Å². The lowest BCUT2D eigenvalue weighted by molar-refractivity contribution is -0.0833. The molecule has 2 N–H and O–H groups in total. The van der Waals surface area contributed by atoms with E-state index in [0.717, 1.165) is 25.9 Å². The molecule has 2 unspecified atom stereocenters. The number of rotatable bonds is 1. The van der Waals surface area contributed by atoms with E-state index in [-0.39, 0.29) is 5.60 Å². The monoisotopic (exact) mass is 184 g/mol. The van der Waals surface area contributed by atoms with Crippen LogP contribution in [0, 0.1) is 0 Å². The van der Waals surface area contributed by atoms with Crippen molar-refractivity contribution in [1.82, 2.24) is 0 Å². The average Bonchev–Trinajstić information content (AvgIpc) is 2.47. The third-order valence-corrected chi connectivity index (χ3v) is 2.81. The molecule has 0 radical (unpaired) electrons. The number of aliphatic imine (C=N–C) groups is 1. The van der Waals surface area contributed by atoms with E-state index in [1.165, 1.54) is 0 Å². The number of ether oxygens (including phenoxy) is 2. The molecule has 74 valence electrons. The van der Waals surface area contributed by atoms with Crippen LogP contribution < -0.4 is 5.73 Å². The van der Waals surface area contributed by atoms with Crippen LogP contribution in [0.4, 0.5) is 0 Å². The summed E-state index contributed by atoms with van der Waals surface area (Å²) in [6, 6.07) is 0.344. The molecule has 4 heteroatoms. The van der Waals surface area contributed by atoms with Gasteiger partial charge >= 0.3 is 0 Å². The van der Waals surface area contributed by atoms with Gasteiger partial charge in [0, 0.05) is 12.8 Å². The molecular weight excluding hydrogens is 168 g/mol.